The highest BCUT2D eigenvalue weighted by Crippen LogP contribution is 2.29. The van der Waals surface area contributed by atoms with E-state index in [-0.39, 0.29) is 11.8 Å². The number of hydrogen-bond acceptors (Lipinski definition) is 6. The van der Waals surface area contributed by atoms with Crippen molar-refractivity contribution in [3.8, 4) is 5.75 Å². The van der Waals surface area contributed by atoms with Crippen LogP contribution in [0.25, 0.3) is 0 Å². The molecule has 0 spiro atoms. The molecule has 1 amide bonds. The van der Waals surface area contributed by atoms with E-state index < -0.39 is 0 Å². The number of anilines is 1. The Morgan fingerprint density at radius 1 is 1.17 bits per heavy atom. The lowest BCUT2D eigenvalue weighted by Gasteiger charge is -2.44. The fourth-order valence-electron chi connectivity index (χ4n) is 4.48. The largest absolute Gasteiger partial charge is 0.495 e. The molecule has 1 aromatic heterocycles. The number of piperazine rings is 1. The van der Waals surface area contributed by atoms with E-state index in [1.807, 2.05) is 30.9 Å². The van der Waals surface area contributed by atoms with Gasteiger partial charge in [0, 0.05) is 57.3 Å². The predicted octanol–water partition coefficient (Wildman–Crippen LogP) is 3.23. The zero-order valence-electron chi connectivity index (χ0n) is 18.2. The van der Waals surface area contributed by atoms with Crippen molar-refractivity contribution in [2.24, 2.45) is 0 Å². The summed E-state index contributed by atoms with van der Waals surface area (Å²) in [5.74, 6) is 1.91. The quantitative estimate of drug-likeness (QED) is 0.751. The Labute approximate surface area is 178 Å². The first-order chi connectivity index (χ1) is 14.6. The second-order valence-electron chi connectivity index (χ2n) is 8.51. The molecular weight excluding hydrogens is 380 g/mol. The van der Waals surface area contributed by atoms with Gasteiger partial charge in [-0.1, -0.05) is 31.1 Å². The molecule has 162 valence electrons. The summed E-state index contributed by atoms with van der Waals surface area (Å²) in [6, 6.07) is 10.4. The fraction of sp³-hybridized carbons (Fsp3) is 0.565. The summed E-state index contributed by atoms with van der Waals surface area (Å²) < 4.78 is 10.9. The Morgan fingerprint density at radius 3 is 2.63 bits per heavy atom. The zero-order chi connectivity index (χ0) is 21.1. The second kappa shape index (κ2) is 9.08. The van der Waals surface area contributed by atoms with Crippen LogP contribution < -0.4 is 9.64 Å². The molecule has 0 aliphatic carbocycles. The van der Waals surface area contributed by atoms with Gasteiger partial charge < -0.3 is 19.1 Å². The first kappa shape index (κ1) is 20.7. The molecule has 0 N–H and O–H groups in total. The SMILES string of the molecule is COc1ccccc1N1CCN([C@H]2CCCN(C(=O)c3cc(C(C)C)on3)C2)CC1. The molecule has 2 aromatic rings. The lowest BCUT2D eigenvalue weighted by atomic mass is 10.0. The van der Waals surface area contributed by atoms with Crippen molar-refractivity contribution in [3.63, 3.8) is 0 Å². The number of nitrogens with zero attached hydrogens (tertiary/aromatic N) is 4. The number of likely N-dealkylation sites (tertiary alicyclic amines) is 1. The molecule has 0 saturated carbocycles. The van der Waals surface area contributed by atoms with Crippen molar-refractivity contribution >= 4 is 11.6 Å². The number of hydrogen-bond donors (Lipinski definition) is 0. The summed E-state index contributed by atoms with van der Waals surface area (Å²) in [7, 11) is 1.72. The first-order valence-corrected chi connectivity index (χ1v) is 10.9. The zero-order valence-corrected chi connectivity index (χ0v) is 18.2. The summed E-state index contributed by atoms with van der Waals surface area (Å²) in [5, 5.41) is 4.01. The van der Waals surface area contributed by atoms with Crippen LogP contribution >= 0.6 is 0 Å². The van der Waals surface area contributed by atoms with E-state index in [9.17, 15) is 4.79 Å². The molecule has 7 heteroatoms. The lowest BCUT2D eigenvalue weighted by Crippen LogP contribution is -2.56. The molecule has 4 rings (SSSR count). The summed E-state index contributed by atoms with van der Waals surface area (Å²) in [5.41, 5.74) is 1.59. The van der Waals surface area contributed by atoms with Gasteiger partial charge in [-0.15, -0.1) is 0 Å². The summed E-state index contributed by atoms with van der Waals surface area (Å²) in [6.45, 7) is 9.54. The van der Waals surface area contributed by atoms with Crippen molar-refractivity contribution in [1.82, 2.24) is 15.0 Å². The van der Waals surface area contributed by atoms with E-state index in [1.165, 1.54) is 0 Å². The minimum atomic E-state index is -0.0111. The fourth-order valence-corrected chi connectivity index (χ4v) is 4.48. The Balaban J connectivity index is 1.35. The molecule has 0 bridgehead atoms. The Bertz CT molecular complexity index is 858. The average Bonchev–Trinajstić information content (AvgIpc) is 3.29. The third-order valence-electron chi connectivity index (χ3n) is 6.26. The number of aromatic nitrogens is 1. The third kappa shape index (κ3) is 4.31. The van der Waals surface area contributed by atoms with Crippen LogP contribution in [-0.2, 0) is 0 Å². The number of para-hydroxylation sites is 2. The topological polar surface area (TPSA) is 62.1 Å². The number of piperidine rings is 1. The van der Waals surface area contributed by atoms with Crippen LogP contribution in [0.15, 0.2) is 34.9 Å². The molecule has 3 heterocycles. The Morgan fingerprint density at radius 2 is 1.93 bits per heavy atom. The van der Waals surface area contributed by atoms with Gasteiger partial charge in [0.2, 0.25) is 0 Å². The molecule has 2 aliphatic rings. The standard InChI is InChI=1S/C23H32N4O3/c1-17(2)22-15-19(24-30-22)23(28)27-10-6-7-18(16-27)25-11-13-26(14-12-25)20-8-4-5-9-21(20)29-3/h4-5,8-9,15,17-18H,6-7,10-14,16H2,1-3H3/t18-/m0/s1. The molecular formula is C23H32N4O3. The molecule has 7 nitrogen and oxygen atoms in total. The molecule has 1 atom stereocenters. The minimum absolute atomic E-state index is 0.0111. The Kier molecular flexibility index (Phi) is 6.27. The van der Waals surface area contributed by atoms with Gasteiger partial charge in [0.25, 0.3) is 5.91 Å². The van der Waals surface area contributed by atoms with Crippen LogP contribution in [0.4, 0.5) is 5.69 Å². The van der Waals surface area contributed by atoms with Crippen LogP contribution in [0.2, 0.25) is 0 Å². The average molecular weight is 413 g/mol. The summed E-state index contributed by atoms with van der Waals surface area (Å²) >= 11 is 0. The maximum atomic E-state index is 12.9. The van der Waals surface area contributed by atoms with Gasteiger partial charge in [-0.2, -0.15) is 0 Å². The first-order valence-electron chi connectivity index (χ1n) is 10.9. The van der Waals surface area contributed by atoms with Gasteiger partial charge >= 0.3 is 0 Å². The molecule has 0 unspecified atom stereocenters. The second-order valence-corrected chi connectivity index (χ2v) is 8.51. The monoisotopic (exact) mass is 412 g/mol. The summed E-state index contributed by atoms with van der Waals surface area (Å²) in [4.78, 5) is 19.8. The highest BCUT2D eigenvalue weighted by Gasteiger charge is 2.31. The number of methoxy groups -OCH3 is 1. The van der Waals surface area contributed by atoms with Crippen LogP contribution in [0.3, 0.4) is 0 Å². The van der Waals surface area contributed by atoms with Gasteiger partial charge in [-0.3, -0.25) is 9.69 Å². The van der Waals surface area contributed by atoms with Gasteiger partial charge in [-0.25, -0.2) is 0 Å². The molecule has 2 aliphatic heterocycles. The van der Waals surface area contributed by atoms with Gasteiger partial charge in [0.1, 0.15) is 11.5 Å². The maximum absolute atomic E-state index is 12.9. The van der Waals surface area contributed by atoms with Crippen molar-refractivity contribution in [2.45, 2.75) is 38.6 Å². The lowest BCUT2D eigenvalue weighted by molar-refractivity contribution is 0.0554. The number of benzene rings is 1. The molecule has 1 aromatic carbocycles. The highest BCUT2D eigenvalue weighted by molar-refractivity contribution is 5.92. The van der Waals surface area contributed by atoms with E-state index in [0.29, 0.717) is 11.7 Å². The van der Waals surface area contributed by atoms with Crippen molar-refractivity contribution in [1.29, 1.82) is 0 Å². The predicted molar refractivity (Wildman–Crippen MR) is 116 cm³/mol. The van der Waals surface area contributed by atoms with Crippen LogP contribution in [0.5, 0.6) is 5.75 Å². The maximum Gasteiger partial charge on any atom is 0.276 e. The Hall–Kier alpha value is -2.54. The van der Waals surface area contributed by atoms with E-state index in [2.05, 4.69) is 27.1 Å². The normalized spacial score (nSPS) is 20.6. The highest BCUT2D eigenvalue weighted by atomic mass is 16.5. The van der Waals surface area contributed by atoms with Crippen molar-refractivity contribution in [2.75, 3.05) is 51.3 Å². The molecule has 0 radical (unpaired) electrons. The van der Waals surface area contributed by atoms with Crippen molar-refractivity contribution in [3.05, 3.63) is 41.8 Å². The summed E-state index contributed by atoms with van der Waals surface area (Å²) in [6.07, 6.45) is 2.16. The number of rotatable bonds is 5. The molecule has 2 fully saturated rings. The number of carbonyl (C=O) groups excluding carboxylic acids is 1. The third-order valence-corrected chi connectivity index (χ3v) is 6.26. The van der Waals surface area contributed by atoms with Gasteiger partial charge in [0.15, 0.2) is 5.69 Å². The smallest absolute Gasteiger partial charge is 0.276 e. The van der Waals surface area contributed by atoms with Crippen LogP contribution in [0, 0.1) is 0 Å². The molecule has 2 saturated heterocycles. The van der Waals surface area contributed by atoms with E-state index >= 15 is 0 Å². The molecule has 30 heavy (non-hydrogen) atoms. The van der Waals surface area contributed by atoms with Crippen LogP contribution in [-0.4, -0.2) is 73.3 Å². The van der Waals surface area contributed by atoms with Gasteiger partial charge in [-0.05, 0) is 25.0 Å². The number of carbonyl (C=O) groups is 1. The van der Waals surface area contributed by atoms with Crippen molar-refractivity contribution < 1.29 is 14.1 Å². The number of ether oxygens (including phenoxy) is 1. The number of amides is 1. The van der Waals surface area contributed by atoms with E-state index in [4.69, 9.17) is 9.26 Å². The van der Waals surface area contributed by atoms with E-state index in [1.54, 1.807) is 13.2 Å². The van der Waals surface area contributed by atoms with Crippen LogP contribution in [0.1, 0.15) is 48.9 Å². The van der Waals surface area contributed by atoms with E-state index in [0.717, 1.165) is 69.3 Å². The van der Waals surface area contributed by atoms with Gasteiger partial charge in [0.05, 0.1) is 12.8 Å². The minimum Gasteiger partial charge on any atom is -0.495 e.